The average Bonchev–Trinajstić information content (AvgIpc) is 2.31. The molecule has 0 saturated heterocycles. The minimum Gasteiger partial charge on any atom is -0.497 e. The van der Waals surface area contributed by atoms with Gasteiger partial charge in [0.25, 0.3) is 0 Å². The van der Waals surface area contributed by atoms with Crippen LogP contribution in [-0.4, -0.2) is 26.3 Å². The van der Waals surface area contributed by atoms with E-state index in [2.05, 4.69) is 4.74 Å². The number of rotatable bonds is 4. The van der Waals surface area contributed by atoms with Gasteiger partial charge in [-0.2, -0.15) is 0 Å². The van der Waals surface area contributed by atoms with E-state index >= 15 is 0 Å². The molecule has 2 rings (SSSR count). The molecule has 5 nitrogen and oxygen atoms in total. The summed E-state index contributed by atoms with van der Waals surface area (Å²) in [6.45, 7) is 0. The van der Waals surface area contributed by atoms with E-state index in [0.717, 1.165) is 0 Å². The zero-order valence-electron chi connectivity index (χ0n) is 10.5. The summed E-state index contributed by atoms with van der Waals surface area (Å²) in [6, 6.07) is 5.25. The number of methoxy groups -OCH3 is 2. The van der Waals surface area contributed by atoms with Gasteiger partial charge in [0.05, 0.1) is 20.1 Å². The molecule has 0 atom stereocenters. The summed E-state index contributed by atoms with van der Waals surface area (Å²) in [6.07, 6.45) is 1.41. The lowest BCUT2D eigenvalue weighted by atomic mass is 9.82. The highest BCUT2D eigenvalue weighted by Crippen LogP contribution is 2.34. The fraction of sp³-hybridized carbons (Fsp3) is 0.462. The number of carbonyl (C=O) groups is 1. The first-order valence-corrected chi connectivity index (χ1v) is 5.81. The van der Waals surface area contributed by atoms with E-state index in [4.69, 9.17) is 15.2 Å². The smallest absolute Gasteiger partial charge is 0.308 e. The predicted octanol–water partition coefficient (Wildman–Crippen LogP) is 1.61. The van der Waals surface area contributed by atoms with Crippen molar-refractivity contribution in [1.29, 1.82) is 0 Å². The molecule has 0 spiro atoms. The Morgan fingerprint density at radius 2 is 1.89 bits per heavy atom. The number of esters is 1. The first-order valence-electron chi connectivity index (χ1n) is 5.81. The van der Waals surface area contributed by atoms with E-state index in [1.807, 2.05) is 0 Å². The molecule has 98 valence electrons. The van der Waals surface area contributed by atoms with Crippen LogP contribution in [0.4, 0.5) is 5.69 Å². The Morgan fingerprint density at radius 3 is 2.50 bits per heavy atom. The summed E-state index contributed by atoms with van der Waals surface area (Å²) in [5.41, 5.74) is 6.32. The van der Waals surface area contributed by atoms with Crippen LogP contribution in [-0.2, 0) is 9.53 Å². The standard InChI is InChI=1S/C13H17NO4/c1-16-10-5-9(14)6-12(7-10)18-11-3-8(4-11)13(15)17-2/h5-8,11H,3-4,14H2,1-2H3. The normalized spacial score (nSPS) is 21.9. The van der Waals surface area contributed by atoms with Crippen LogP contribution in [0, 0.1) is 5.92 Å². The van der Waals surface area contributed by atoms with Crippen molar-refractivity contribution in [2.45, 2.75) is 18.9 Å². The van der Waals surface area contributed by atoms with Gasteiger partial charge in [-0.3, -0.25) is 4.79 Å². The third-order valence-corrected chi connectivity index (χ3v) is 3.07. The van der Waals surface area contributed by atoms with Crippen LogP contribution >= 0.6 is 0 Å². The molecule has 1 fully saturated rings. The van der Waals surface area contributed by atoms with E-state index in [0.29, 0.717) is 30.0 Å². The van der Waals surface area contributed by atoms with Crippen LogP contribution in [0.3, 0.4) is 0 Å². The quantitative estimate of drug-likeness (QED) is 0.650. The molecule has 0 radical (unpaired) electrons. The summed E-state index contributed by atoms with van der Waals surface area (Å²) in [7, 11) is 2.98. The fourth-order valence-electron chi connectivity index (χ4n) is 1.99. The maximum absolute atomic E-state index is 11.2. The van der Waals surface area contributed by atoms with Gasteiger partial charge >= 0.3 is 5.97 Å². The molecule has 0 aliphatic heterocycles. The first-order chi connectivity index (χ1) is 8.62. The van der Waals surface area contributed by atoms with Crippen molar-refractivity contribution in [2.75, 3.05) is 20.0 Å². The molecule has 1 aliphatic carbocycles. The molecule has 1 aromatic rings. The van der Waals surface area contributed by atoms with E-state index in [1.54, 1.807) is 25.3 Å². The largest absolute Gasteiger partial charge is 0.497 e. The molecular formula is C13H17NO4. The highest BCUT2D eigenvalue weighted by molar-refractivity contribution is 5.73. The van der Waals surface area contributed by atoms with Crippen molar-refractivity contribution >= 4 is 11.7 Å². The number of ether oxygens (including phenoxy) is 3. The van der Waals surface area contributed by atoms with Crippen LogP contribution in [0.15, 0.2) is 18.2 Å². The Morgan fingerprint density at radius 1 is 1.22 bits per heavy atom. The third kappa shape index (κ3) is 2.67. The lowest BCUT2D eigenvalue weighted by Crippen LogP contribution is -2.38. The van der Waals surface area contributed by atoms with E-state index < -0.39 is 0 Å². The Hall–Kier alpha value is -1.91. The summed E-state index contributed by atoms with van der Waals surface area (Å²) < 4.78 is 15.5. The van der Waals surface area contributed by atoms with Gasteiger partial charge in [0.1, 0.15) is 17.6 Å². The molecule has 0 aromatic heterocycles. The molecule has 18 heavy (non-hydrogen) atoms. The average molecular weight is 251 g/mol. The van der Waals surface area contributed by atoms with Gasteiger partial charge in [0, 0.05) is 23.9 Å². The van der Waals surface area contributed by atoms with Crippen LogP contribution in [0.5, 0.6) is 11.5 Å². The van der Waals surface area contributed by atoms with E-state index in [9.17, 15) is 4.79 Å². The van der Waals surface area contributed by atoms with Crippen molar-refractivity contribution in [3.05, 3.63) is 18.2 Å². The molecule has 0 unspecified atom stereocenters. The van der Waals surface area contributed by atoms with Gasteiger partial charge < -0.3 is 19.9 Å². The summed E-state index contributed by atoms with van der Waals surface area (Å²) in [5.74, 6) is 1.12. The number of nitrogen functional groups attached to an aromatic ring is 1. The zero-order valence-corrected chi connectivity index (χ0v) is 10.5. The van der Waals surface area contributed by atoms with Gasteiger partial charge in [-0.05, 0) is 12.8 Å². The zero-order chi connectivity index (χ0) is 13.1. The third-order valence-electron chi connectivity index (χ3n) is 3.07. The number of anilines is 1. The van der Waals surface area contributed by atoms with Crippen LogP contribution in [0.1, 0.15) is 12.8 Å². The Balaban J connectivity index is 1.92. The fourth-order valence-corrected chi connectivity index (χ4v) is 1.99. The SMILES string of the molecule is COC(=O)C1CC(Oc2cc(N)cc(OC)c2)C1. The summed E-state index contributed by atoms with van der Waals surface area (Å²) >= 11 is 0. The molecular weight excluding hydrogens is 234 g/mol. The second-order valence-electron chi connectivity index (χ2n) is 4.37. The van der Waals surface area contributed by atoms with Gasteiger partial charge in [0.2, 0.25) is 0 Å². The molecule has 2 N–H and O–H groups in total. The number of benzene rings is 1. The van der Waals surface area contributed by atoms with Gasteiger partial charge in [-0.25, -0.2) is 0 Å². The van der Waals surface area contributed by atoms with Gasteiger partial charge in [-0.1, -0.05) is 0 Å². The second-order valence-corrected chi connectivity index (χ2v) is 4.37. The Kier molecular flexibility index (Phi) is 3.60. The monoisotopic (exact) mass is 251 g/mol. The molecule has 0 amide bonds. The highest BCUT2D eigenvalue weighted by atomic mass is 16.5. The van der Waals surface area contributed by atoms with Crippen LogP contribution < -0.4 is 15.2 Å². The van der Waals surface area contributed by atoms with Crippen molar-refractivity contribution in [3.8, 4) is 11.5 Å². The summed E-state index contributed by atoms with van der Waals surface area (Å²) in [5, 5.41) is 0. The molecule has 5 heteroatoms. The number of carbonyl (C=O) groups excluding carboxylic acids is 1. The molecule has 0 heterocycles. The van der Waals surface area contributed by atoms with Crippen molar-refractivity contribution in [2.24, 2.45) is 5.92 Å². The minimum absolute atomic E-state index is 0.0389. The van der Waals surface area contributed by atoms with Gasteiger partial charge in [0.15, 0.2) is 0 Å². The minimum atomic E-state index is -0.167. The molecule has 0 bridgehead atoms. The maximum atomic E-state index is 11.2. The number of hydrogen-bond donors (Lipinski definition) is 1. The predicted molar refractivity (Wildman–Crippen MR) is 66.6 cm³/mol. The maximum Gasteiger partial charge on any atom is 0.308 e. The first kappa shape index (κ1) is 12.5. The lowest BCUT2D eigenvalue weighted by molar-refractivity contribution is -0.151. The lowest BCUT2D eigenvalue weighted by Gasteiger charge is -2.33. The Labute approximate surface area is 106 Å². The Bertz CT molecular complexity index is 441. The van der Waals surface area contributed by atoms with Crippen molar-refractivity contribution < 1.29 is 19.0 Å². The molecule has 1 aromatic carbocycles. The number of hydrogen-bond acceptors (Lipinski definition) is 5. The van der Waals surface area contributed by atoms with Crippen molar-refractivity contribution in [3.63, 3.8) is 0 Å². The molecule has 1 aliphatic rings. The van der Waals surface area contributed by atoms with Gasteiger partial charge in [-0.15, -0.1) is 0 Å². The second kappa shape index (κ2) is 5.16. The van der Waals surface area contributed by atoms with Crippen LogP contribution in [0.2, 0.25) is 0 Å². The topological polar surface area (TPSA) is 70.8 Å². The number of nitrogens with two attached hydrogens (primary N) is 1. The summed E-state index contributed by atoms with van der Waals surface area (Å²) in [4.78, 5) is 11.2. The molecule has 1 saturated carbocycles. The highest BCUT2D eigenvalue weighted by Gasteiger charge is 2.36. The van der Waals surface area contributed by atoms with E-state index in [-0.39, 0.29) is 18.0 Å². The van der Waals surface area contributed by atoms with Crippen molar-refractivity contribution in [1.82, 2.24) is 0 Å². The van der Waals surface area contributed by atoms with Crippen LogP contribution in [0.25, 0.3) is 0 Å². The van der Waals surface area contributed by atoms with E-state index in [1.165, 1.54) is 7.11 Å².